The third-order valence-corrected chi connectivity index (χ3v) is 5.78. The monoisotopic (exact) mass is 443 g/mol. The van der Waals surface area contributed by atoms with Crippen molar-refractivity contribution >= 4 is 11.9 Å². The molecule has 3 aromatic rings. The predicted octanol–water partition coefficient (Wildman–Crippen LogP) is 3.98. The molecule has 0 bridgehead atoms. The third kappa shape index (κ3) is 4.05. The Hall–Kier alpha value is -4.13. The van der Waals surface area contributed by atoms with E-state index in [2.05, 4.69) is 11.9 Å². The zero-order valence-electron chi connectivity index (χ0n) is 18.7. The second kappa shape index (κ2) is 9.16. The first-order valence-corrected chi connectivity index (χ1v) is 10.5. The van der Waals surface area contributed by atoms with E-state index >= 15 is 0 Å². The van der Waals surface area contributed by atoms with Crippen LogP contribution in [0.1, 0.15) is 18.4 Å². The smallest absolute Gasteiger partial charge is 0.336 e. The number of hydrogen-bond donors (Lipinski definition) is 1. The van der Waals surface area contributed by atoms with Gasteiger partial charge in [-0.3, -0.25) is 4.79 Å². The Morgan fingerprint density at radius 1 is 1.00 bits per heavy atom. The fraction of sp³-hybridized carbons (Fsp3) is 0.192. The van der Waals surface area contributed by atoms with Gasteiger partial charge in [0, 0.05) is 34.6 Å². The van der Waals surface area contributed by atoms with Gasteiger partial charge in [0.15, 0.2) is 0 Å². The molecule has 0 spiro atoms. The molecule has 0 fully saturated rings. The number of carbonyl (C=O) groups is 2. The van der Waals surface area contributed by atoms with Crippen LogP contribution in [0.25, 0.3) is 16.9 Å². The van der Waals surface area contributed by atoms with Gasteiger partial charge in [-0.05, 0) is 19.1 Å². The van der Waals surface area contributed by atoms with Crippen LogP contribution in [0.3, 0.4) is 0 Å². The second-order valence-corrected chi connectivity index (χ2v) is 7.74. The Balaban J connectivity index is 2.01. The summed E-state index contributed by atoms with van der Waals surface area (Å²) in [6.45, 7) is 5.82. The van der Waals surface area contributed by atoms with E-state index in [-0.39, 0.29) is 0 Å². The lowest BCUT2D eigenvalue weighted by atomic mass is 9.75. The molecule has 0 saturated heterocycles. The van der Waals surface area contributed by atoms with E-state index in [0.29, 0.717) is 28.2 Å². The molecule has 7 nitrogen and oxygen atoms in total. The van der Waals surface area contributed by atoms with Crippen molar-refractivity contribution in [2.24, 2.45) is 5.92 Å². The lowest BCUT2D eigenvalue weighted by Gasteiger charge is -2.34. The molecule has 1 aromatic heterocycles. The molecule has 4 rings (SSSR count). The first kappa shape index (κ1) is 22.1. The number of nitrogens with zero attached hydrogens (tertiary/aromatic N) is 2. The Morgan fingerprint density at radius 2 is 1.64 bits per heavy atom. The number of para-hydroxylation sites is 1. The fourth-order valence-corrected chi connectivity index (χ4v) is 4.27. The maximum atomic E-state index is 12.9. The van der Waals surface area contributed by atoms with Crippen molar-refractivity contribution in [3.63, 3.8) is 0 Å². The molecule has 1 aliphatic heterocycles. The highest BCUT2D eigenvalue weighted by Crippen LogP contribution is 2.44. The molecule has 2 heterocycles. The molecule has 0 saturated carbocycles. The topological polar surface area (TPSA) is 82.5 Å². The predicted molar refractivity (Wildman–Crippen MR) is 124 cm³/mol. The van der Waals surface area contributed by atoms with Gasteiger partial charge in [-0.15, -0.1) is 0 Å². The van der Waals surface area contributed by atoms with E-state index in [1.807, 2.05) is 66.9 Å². The van der Waals surface area contributed by atoms with Gasteiger partial charge in [0.1, 0.15) is 5.92 Å². The van der Waals surface area contributed by atoms with E-state index in [4.69, 9.17) is 14.6 Å². The molecule has 2 atom stereocenters. The highest BCUT2D eigenvalue weighted by Gasteiger charge is 2.44. The number of rotatable bonds is 5. The average molecular weight is 444 g/mol. The summed E-state index contributed by atoms with van der Waals surface area (Å²) in [4.78, 5) is 25.8. The number of benzene rings is 2. The van der Waals surface area contributed by atoms with Gasteiger partial charge in [-0.25, -0.2) is 9.48 Å². The van der Waals surface area contributed by atoms with Crippen LogP contribution < -0.4 is 5.32 Å². The Kier molecular flexibility index (Phi) is 6.13. The minimum Gasteiger partial charge on any atom is -0.468 e. The van der Waals surface area contributed by atoms with Crippen LogP contribution in [0.2, 0.25) is 0 Å². The van der Waals surface area contributed by atoms with Gasteiger partial charge in [-0.2, -0.15) is 5.10 Å². The van der Waals surface area contributed by atoms with Crippen LogP contribution in [0.5, 0.6) is 0 Å². The summed E-state index contributed by atoms with van der Waals surface area (Å²) >= 11 is 0. The number of nitrogens with one attached hydrogen (secondary N) is 1. The number of methoxy groups -OCH3 is 2. The average Bonchev–Trinajstić information content (AvgIpc) is 3.29. The van der Waals surface area contributed by atoms with Crippen molar-refractivity contribution in [2.75, 3.05) is 14.2 Å². The van der Waals surface area contributed by atoms with E-state index in [0.717, 1.165) is 11.3 Å². The highest BCUT2D eigenvalue weighted by molar-refractivity contribution is 5.94. The molecule has 2 unspecified atom stereocenters. The number of aromatic nitrogens is 2. The zero-order valence-corrected chi connectivity index (χ0v) is 18.7. The first-order chi connectivity index (χ1) is 16.0. The fourth-order valence-electron chi connectivity index (χ4n) is 4.27. The molecule has 33 heavy (non-hydrogen) atoms. The van der Waals surface area contributed by atoms with Crippen molar-refractivity contribution in [3.05, 3.63) is 96.0 Å². The second-order valence-electron chi connectivity index (χ2n) is 7.74. The molecule has 168 valence electrons. The minimum atomic E-state index is -0.844. The molecule has 1 N–H and O–H groups in total. The molecule has 0 radical (unpaired) electrons. The normalized spacial score (nSPS) is 18.0. The largest absolute Gasteiger partial charge is 0.468 e. The highest BCUT2D eigenvalue weighted by atomic mass is 16.5. The first-order valence-electron chi connectivity index (χ1n) is 10.5. The lowest BCUT2D eigenvalue weighted by molar-refractivity contribution is -0.145. The number of esters is 2. The Labute approximate surface area is 192 Å². The van der Waals surface area contributed by atoms with E-state index in [1.165, 1.54) is 14.2 Å². The number of ether oxygens (including phenoxy) is 2. The van der Waals surface area contributed by atoms with E-state index in [9.17, 15) is 9.59 Å². The van der Waals surface area contributed by atoms with Gasteiger partial charge in [0.25, 0.3) is 0 Å². The quantitative estimate of drug-likeness (QED) is 0.601. The number of allylic oxidation sites excluding steroid dienone is 1. The Bertz CT molecular complexity index is 1230. The van der Waals surface area contributed by atoms with Crippen molar-refractivity contribution in [1.82, 2.24) is 15.1 Å². The standard InChI is InChI=1S/C26H25N3O4/c1-16-21(25(30)32-3)23(22(17(2)27-16)26(31)33-4)20-15-29(19-13-9-6-10-14-19)28-24(20)18-11-7-5-8-12-18/h5-15,21,23,27H,1H2,2-4H3. The van der Waals surface area contributed by atoms with Crippen LogP contribution >= 0.6 is 0 Å². The summed E-state index contributed by atoms with van der Waals surface area (Å²) in [5.41, 5.74) is 4.42. The molecular formula is C26H25N3O4. The molecule has 1 aliphatic rings. The van der Waals surface area contributed by atoms with Crippen LogP contribution in [0, 0.1) is 5.92 Å². The summed E-state index contributed by atoms with van der Waals surface area (Å²) in [7, 11) is 2.64. The molecule has 0 aliphatic carbocycles. The van der Waals surface area contributed by atoms with E-state index in [1.54, 1.807) is 11.6 Å². The zero-order chi connectivity index (χ0) is 23.5. The van der Waals surface area contributed by atoms with Crippen LogP contribution in [0.15, 0.2) is 90.4 Å². The van der Waals surface area contributed by atoms with Crippen molar-refractivity contribution in [2.45, 2.75) is 12.8 Å². The lowest BCUT2D eigenvalue weighted by Crippen LogP contribution is -2.39. The molecule has 7 heteroatoms. The van der Waals surface area contributed by atoms with Crippen LogP contribution in [-0.2, 0) is 19.1 Å². The summed E-state index contributed by atoms with van der Waals surface area (Å²) in [5.74, 6) is -2.58. The summed E-state index contributed by atoms with van der Waals surface area (Å²) in [5, 5.41) is 7.92. The van der Waals surface area contributed by atoms with Gasteiger partial charge in [0.2, 0.25) is 0 Å². The molecule has 2 aromatic carbocycles. The van der Waals surface area contributed by atoms with Crippen LogP contribution in [0.4, 0.5) is 0 Å². The summed E-state index contributed by atoms with van der Waals surface area (Å²) < 4.78 is 12.0. The Morgan fingerprint density at radius 3 is 2.24 bits per heavy atom. The maximum Gasteiger partial charge on any atom is 0.336 e. The minimum absolute atomic E-state index is 0.338. The van der Waals surface area contributed by atoms with Crippen molar-refractivity contribution in [3.8, 4) is 16.9 Å². The maximum absolute atomic E-state index is 12.9. The molecular weight excluding hydrogens is 418 g/mol. The molecule has 0 amide bonds. The number of carbonyl (C=O) groups excluding carboxylic acids is 2. The van der Waals surface area contributed by atoms with E-state index < -0.39 is 23.8 Å². The SMILES string of the molecule is C=C1NC(C)=C(C(=O)OC)C(c2cn(-c3ccccc3)nc2-c2ccccc2)C1C(=O)OC. The van der Waals surface area contributed by atoms with Gasteiger partial charge in [-0.1, -0.05) is 55.1 Å². The van der Waals surface area contributed by atoms with Crippen molar-refractivity contribution in [1.29, 1.82) is 0 Å². The van der Waals surface area contributed by atoms with Gasteiger partial charge < -0.3 is 14.8 Å². The van der Waals surface area contributed by atoms with Crippen LogP contribution in [-0.4, -0.2) is 35.9 Å². The summed E-state index contributed by atoms with van der Waals surface area (Å²) in [6.07, 6.45) is 1.85. The van der Waals surface area contributed by atoms with Gasteiger partial charge in [0.05, 0.1) is 31.2 Å². The number of hydrogen-bond acceptors (Lipinski definition) is 6. The van der Waals surface area contributed by atoms with Crippen molar-refractivity contribution < 1.29 is 19.1 Å². The van der Waals surface area contributed by atoms with Gasteiger partial charge >= 0.3 is 11.9 Å². The summed E-state index contributed by atoms with van der Waals surface area (Å²) in [6, 6.07) is 19.3. The third-order valence-electron chi connectivity index (χ3n) is 5.78.